The van der Waals surface area contributed by atoms with E-state index in [2.05, 4.69) is 56.6 Å². The van der Waals surface area contributed by atoms with Crippen molar-refractivity contribution in [3.05, 3.63) is 11.0 Å². The lowest BCUT2D eigenvalue weighted by Gasteiger charge is -2.44. The second-order valence-corrected chi connectivity index (χ2v) is 14.9. The van der Waals surface area contributed by atoms with Crippen LogP contribution in [0.4, 0.5) is 10.2 Å². The number of fused-ring (bicyclic) bond motifs is 1. The highest BCUT2D eigenvalue weighted by Gasteiger charge is 2.54. The zero-order valence-electron chi connectivity index (χ0n) is 18.8. The van der Waals surface area contributed by atoms with Gasteiger partial charge in [-0.25, -0.2) is 19.0 Å². The first-order chi connectivity index (χ1) is 14.1. The number of hydrogen-bond acceptors (Lipinski definition) is 6. The summed E-state index contributed by atoms with van der Waals surface area (Å²) in [4.78, 5) is 8.26. The molecule has 10 heteroatoms. The third-order valence-electron chi connectivity index (χ3n) is 6.50. The minimum Gasteiger partial charge on any atom is -0.407 e. The number of nitrogens with one attached hydrogen (secondary N) is 1. The number of aromatic nitrogens is 4. The molecule has 30 heavy (non-hydrogen) atoms. The van der Waals surface area contributed by atoms with Crippen molar-refractivity contribution in [3.8, 4) is 0 Å². The molecule has 0 radical (unpaired) electrons. The summed E-state index contributed by atoms with van der Waals surface area (Å²) in [5.74, 6) is 0.263. The van der Waals surface area contributed by atoms with E-state index in [1.165, 1.54) is 11.0 Å². The van der Waals surface area contributed by atoms with Crippen molar-refractivity contribution in [1.29, 1.82) is 0 Å². The summed E-state index contributed by atoms with van der Waals surface area (Å²) in [5.41, 5.74) is 7.46. The van der Waals surface area contributed by atoms with E-state index in [1.54, 1.807) is 0 Å². The molecule has 0 spiro atoms. The van der Waals surface area contributed by atoms with Gasteiger partial charge in [0.05, 0.1) is 11.5 Å². The third kappa shape index (κ3) is 3.61. The molecule has 0 amide bonds. The predicted molar refractivity (Wildman–Crippen MR) is 122 cm³/mol. The van der Waals surface area contributed by atoms with Crippen LogP contribution in [0.2, 0.25) is 16.6 Å². The van der Waals surface area contributed by atoms with Gasteiger partial charge in [0.1, 0.15) is 22.9 Å². The molecule has 2 aromatic heterocycles. The first kappa shape index (κ1) is 23.3. The van der Waals surface area contributed by atoms with Gasteiger partial charge in [-0.3, -0.25) is 5.10 Å². The Bertz CT molecular complexity index is 925. The van der Waals surface area contributed by atoms with Crippen LogP contribution in [0.25, 0.3) is 11.0 Å². The van der Waals surface area contributed by atoms with Gasteiger partial charge in [0.15, 0.2) is 18.0 Å². The number of nitrogen functional groups attached to an aromatic ring is 1. The maximum atomic E-state index is 16.0. The van der Waals surface area contributed by atoms with Crippen molar-refractivity contribution in [2.24, 2.45) is 0 Å². The molecule has 1 saturated heterocycles. The highest BCUT2D eigenvalue weighted by atomic mass is 32.1. The smallest absolute Gasteiger partial charge is 0.201 e. The number of ether oxygens (including phenoxy) is 1. The van der Waals surface area contributed by atoms with E-state index >= 15 is 4.39 Å². The summed E-state index contributed by atoms with van der Waals surface area (Å²) in [5, 5.41) is 3.51. The minimum absolute atomic E-state index is 0.263. The maximum Gasteiger partial charge on any atom is 0.201 e. The quantitative estimate of drug-likeness (QED) is 0.436. The Kier molecular flexibility index (Phi) is 6.71. The Hall–Kier alpha value is -1.36. The van der Waals surface area contributed by atoms with Crippen LogP contribution in [0.3, 0.4) is 0 Å². The largest absolute Gasteiger partial charge is 0.407 e. The van der Waals surface area contributed by atoms with Crippen LogP contribution in [0.15, 0.2) is 6.33 Å². The molecular formula is C20H34FN5O2SSi. The highest BCUT2D eigenvalue weighted by molar-refractivity contribution is 7.71. The summed E-state index contributed by atoms with van der Waals surface area (Å²) in [6.07, 6.45) is -1.28. The van der Waals surface area contributed by atoms with Crippen molar-refractivity contribution in [2.75, 3.05) is 5.73 Å². The summed E-state index contributed by atoms with van der Waals surface area (Å²) in [6, 6.07) is 0. The average Bonchev–Trinajstić information content (AvgIpc) is 3.16. The molecule has 7 nitrogen and oxygen atoms in total. The molecular weight excluding hydrogens is 421 g/mol. The molecule has 0 aliphatic carbocycles. The fourth-order valence-electron chi connectivity index (χ4n) is 5.21. The molecule has 168 valence electrons. The van der Waals surface area contributed by atoms with E-state index in [0.29, 0.717) is 38.7 Å². The summed E-state index contributed by atoms with van der Waals surface area (Å²) >= 11 is 5.37. The third-order valence-corrected chi connectivity index (χ3v) is 12.9. The van der Waals surface area contributed by atoms with Crippen LogP contribution < -0.4 is 5.73 Å². The highest BCUT2D eigenvalue weighted by Crippen LogP contribution is 2.47. The molecule has 3 rings (SSSR count). The molecule has 4 atom stereocenters. The van der Waals surface area contributed by atoms with Crippen molar-refractivity contribution in [1.82, 2.24) is 19.7 Å². The van der Waals surface area contributed by atoms with Crippen LogP contribution in [-0.4, -0.2) is 46.4 Å². The van der Waals surface area contributed by atoms with Crippen molar-refractivity contribution < 1.29 is 13.6 Å². The van der Waals surface area contributed by atoms with Gasteiger partial charge in [0.2, 0.25) is 8.32 Å². The van der Waals surface area contributed by atoms with Gasteiger partial charge in [0, 0.05) is 0 Å². The number of hydrogen-bond donors (Lipinski definition) is 2. The number of H-pyrrole nitrogens is 1. The minimum atomic E-state index is -2.29. The van der Waals surface area contributed by atoms with Crippen LogP contribution >= 0.6 is 12.2 Å². The van der Waals surface area contributed by atoms with Gasteiger partial charge in [0.25, 0.3) is 0 Å². The molecule has 0 unspecified atom stereocenters. The summed E-state index contributed by atoms with van der Waals surface area (Å²) in [6.45, 7) is 15.2. The monoisotopic (exact) mass is 455 g/mol. The first-order valence-electron chi connectivity index (χ1n) is 10.7. The van der Waals surface area contributed by atoms with Crippen molar-refractivity contribution in [2.45, 2.75) is 96.1 Å². The van der Waals surface area contributed by atoms with Crippen molar-refractivity contribution in [3.63, 3.8) is 0 Å². The van der Waals surface area contributed by atoms with Gasteiger partial charge >= 0.3 is 0 Å². The van der Waals surface area contributed by atoms with E-state index in [1.807, 2.05) is 6.92 Å². The van der Waals surface area contributed by atoms with Gasteiger partial charge in [-0.2, -0.15) is 0 Å². The Morgan fingerprint density at radius 3 is 2.37 bits per heavy atom. The zero-order chi connectivity index (χ0) is 22.4. The number of halogens is 1. The lowest BCUT2D eigenvalue weighted by molar-refractivity contribution is -0.0293. The molecule has 2 aromatic rings. The number of alkyl halides is 1. The average molecular weight is 456 g/mol. The van der Waals surface area contributed by atoms with E-state index in [0.717, 1.165) is 0 Å². The molecule has 0 saturated carbocycles. The number of aromatic amines is 1. The van der Waals surface area contributed by atoms with Crippen LogP contribution in [0.1, 0.15) is 61.1 Å². The van der Waals surface area contributed by atoms with Gasteiger partial charge in [-0.05, 0) is 23.0 Å². The van der Waals surface area contributed by atoms with Gasteiger partial charge < -0.3 is 14.9 Å². The number of nitrogens with two attached hydrogens (primary N) is 1. The molecule has 0 bridgehead atoms. The standard InChI is InChI=1S/C20H34FN5O2SSi/c1-8-13-16(28-30(10(2)3,11(4)5)12(6)7)15(21)20(27-13)26-18-14(19(29)25-26)17(22)23-9-24-18/h9-13,15-16,20H,8H2,1-7H3,(H,25,29)(H2,22,23,24)/t13-,15+,16-,20-/m1/s1. The zero-order valence-corrected chi connectivity index (χ0v) is 20.7. The van der Waals surface area contributed by atoms with E-state index in [4.69, 9.17) is 27.1 Å². The van der Waals surface area contributed by atoms with E-state index in [-0.39, 0.29) is 11.9 Å². The normalized spacial score (nSPS) is 25.3. The second-order valence-electron chi connectivity index (χ2n) is 9.09. The van der Waals surface area contributed by atoms with E-state index < -0.39 is 26.8 Å². The van der Waals surface area contributed by atoms with Crippen LogP contribution in [-0.2, 0) is 9.16 Å². The molecule has 3 heterocycles. The van der Waals surface area contributed by atoms with Crippen molar-refractivity contribution >= 4 is 37.4 Å². The maximum absolute atomic E-state index is 16.0. The number of anilines is 1. The molecule has 1 aliphatic heterocycles. The SMILES string of the molecule is CC[C@H]1O[C@@H](n2[nH]c(=S)c3c(N)ncnc32)[C@@H](F)[C@@H]1O[Si](C(C)C)(C(C)C)C(C)C. The predicted octanol–water partition coefficient (Wildman–Crippen LogP) is 5.28. The van der Waals surface area contributed by atoms with Crippen LogP contribution in [0, 0.1) is 4.64 Å². The Morgan fingerprint density at radius 2 is 1.83 bits per heavy atom. The van der Waals surface area contributed by atoms with Crippen LogP contribution in [0.5, 0.6) is 0 Å². The fraction of sp³-hybridized carbons (Fsp3) is 0.750. The summed E-state index contributed by atoms with van der Waals surface area (Å²) in [7, 11) is -2.29. The first-order valence-corrected chi connectivity index (χ1v) is 13.3. The second kappa shape index (κ2) is 8.64. The summed E-state index contributed by atoms with van der Waals surface area (Å²) < 4.78 is 30.9. The fourth-order valence-corrected chi connectivity index (χ4v) is 11.1. The lowest BCUT2D eigenvalue weighted by atomic mass is 10.1. The lowest BCUT2D eigenvalue weighted by Crippen LogP contribution is -2.53. The number of rotatable bonds is 7. The Labute approximate surface area is 183 Å². The van der Waals surface area contributed by atoms with E-state index in [9.17, 15) is 0 Å². The van der Waals surface area contributed by atoms with Gasteiger partial charge in [-0.15, -0.1) is 0 Å². The topological polar surface area (TPSA) is 91.0 Å². The molecule has 1 aliphatic rings. The Morgan fingerprint density at radius 1 is 1.23 bits per heavy atom. The molecule has 1 fully saturated rings. The molecule has 3 N–H and O–H groups in total. The molecule has 0 aromatic carbocycles. The van der Waals surface area contributed by atoms with Gasteiger partial charge in [-0.1, -0.05) is 60.7 Å². The Balaban J connectivity index is 2.02. The number of nitrogens with zero attached hydrogens (tertiary/aromatic N) is 3.